The van der Waals surface area contributed by atoms with Crippen molar-refractivity contribution < 1.29 is 108 Å². The summed E-state index contributed by atoms with van der Waals surface area (Å²) >= 11 is 0.671. The van der Waals surface area contributed by atoms with E-state index < -0.39 is 108 Å². The number of fused-ring (bicyclic) bond motifs is 9. The molecule has 660 valence electrons. The van der Waals surface area contributed by atoms with Crippen molar-refractivity contribution in [1.82, 2.24) is 70.3 Å². The van der Waals surface area contributed by atoms with Crippen LogP contribution in [0.25, 0.3) is 44.8 Å². The van der Waals surface area contributed by atoms with Crippen molar-refractivity contribution in [1.29, 1.82) is 0 Å². The lowest BCUT2D eigenvalue weighted by Gasteiger charge is -2.30. The largest absolute Gasteiger partial charge is 0.445 e. The molecule has 0 spiro atoms. The number of alkyl carbamates (subject to hydrolysis) is 1. The summed E-state index contributed by atoms with van der Waals surface area (Å²) in [4.78, 5) is 123. The number of nitrogen functional groups attached to an aromatic ring is 2. The standard InChI is InChI=1S/C77H93BF2N19O21P3S/c1-121(108,109)114-39-51(100)38-112-33-11-29-85-77(107)113-37-46-19-23-49(24-20-46)92-61(104)35-87-60(103)18-9-8-17-58(101)83-31-28-63(106)96-36-48-12-4-5-13-52(48)69-66(53-14-6-7-15-55(53)96)94-95-99(69)32-10-2-3-16-59(102)86-34-62(105)93-50-25-21-47(22-26-50)42-124-123(111)116-41-57-70(64(79)75(118-57)98-45-91-68-72(82)88-43-89-74(68)98)119-122(78,110)115-40-56-71(120-123)65(80)76(117-56)97-44-90-67-54(81)27-30-84-73(67)97/h4-7,12-15,19-27,30,43-45,51,56-57,64-65,70-71,75-76,100H,2-3,8-11,16-18,28-29,31-42,78H2,1H3,(H2,81,84)(H,83,101)(H,85,107)(H,86,102)(H,87,103)(H,92,104)(H,93,105)(H,108,109)(H2,82,88,89)/t51?,56-,57-,64-,65-,70-,71-,75-,76-,122+,123-/m1/s1. The Hall–Kier alpha value is -10.6. The van der Waals surface area contributed by atoms with Crippen LogP contribution in [0.3, 0.4) is 0 Å². The molecule has 13 rings (SSSR count). The minimum atomic E-state index is -4.61. The van der Waals surface area contributed by atoms with Gasteiger partial charge in [-0.05, 0) is 96.6 Å². The molecule has 4 aliphatic heterocycles. The van der Waals surface area contributed by atoms with E-state index in [0.29, 0.717) is 95.9 Å². The van der Waals surface area contributed by atoms with Crippen molar-refractivity contribution in [3.63, 3.8) is 0 Å². The topological polar surface area (TPSA) is 527 Å². The van der Waals surface area contributed by atoms with Gasteiger partial charge in [0.25, 0.3) is 15.0 Å². The van der Waals surface area contributed by atoms with Crippen LogP contribution in [-0.4, -0.2) is 217 Å². The highest BCUT2D eigenvalue weighted by atomic mass is 32.7. The van der Waals surface area contributed by atoms with E-state index in [2.05, 4.69) is 71.7 Å². The second-order valence-corrected chi connectivity index (χ2v) is 37.5. The Labute approximate surface area is 713 Å². The smallest absolute Gasteiger partial charge is 0.407 e. The molecule has 40 nitrogen and oxygen atoms in total. The predicted octanol–water partition coefficient (Wildman–Crippen LogP) is 7.24. The summed E-state index contributed by atoms with van der Waals surface area (Å²) in [6.45, 7) is -4.96. The van der Waals surface area contributed by atoms with Gasteiger partial charge in [0.1, 0.15) is 60.2 Å². The fraction of sp³-hybridized carbons (Fsp3) is 0.429. The number of aliphatic hydroxyl groups excluding tert-OH is 1. The SMILES string of the molecule is B[P@]1(=O)OC[C@H]2O[C@@H](n3cnc4c(N)ccnc43)[C@H](F)[C@@H]2O[P@](=O)(SCc2ccc(NC(=O)CNC(=O)CCCCCn3nnc4c3-c3ccccc3CN(C(=O)CCNC(=O)CCCCC(=O)NCC(=O)Nc3ccc(COC(=O)NCCCOCC(O)COP(C)(=O)O)cc3)c3ccccc3-4)cc2)OC[C@H]2O[C@@H](n3cnc4c(N)ncnc43)[C@H](F)[C@@H]2O1. The summed E-state index contributed by atoms with van der Waals surface area (Å²) in [5, 5.41) is 35.1. The molecule has 0 bridgehead atoms. The maximum Gasteiger partial charge on any atom is 0.407 e. The average Bonchev–Trinajstić information content (AvgIpc) is 1.48. The van der Waals surface area contributed by atoms with E-state index in [0.717, 1.165) is 37.4 Å². The molecule has 124 heavy (non-hydrogen) atoms. The number of nitrogens with one attached hydrogen (secondary N) is 6. The summed E-state index contributed by atoms with van der Waals surface area (Å²) in [6, 6.07) is 29.6. The first-order valence-corrected chi connectivity index (χ1v) is 46.9. The number of aromatic nitrogens is 10. The lowest BCUT2D eigenvalue weighted by atomic mass is 9.95. The van der Waals surface area contributed by atoms with Gasteiger partial charge in [-0.25, -0.2) is 47.7 Å². The minimum Gasteiger partial charge on any atom is -0.445 e. The number of anilines is 5. The van der Waals surface area contributed by atoms with Gasteiger partial charge in [-0.3, -0.25) is 56.1 Å². The maximum atomic E-state index is 17.1. The van der Waals surface area contributed by atoms with Crippen LogP contribution in [-0.2, 0) is 109 Å². The summed E-state index contributed by atoms with van der Waals surface area (Å²) in [5.74, 6) is -2.31. The fourth-order valence-electron chi connectivity index (χ4n) is 14.0. The van der Waals surface area contributed by atoms with Crippen molar-refractivity contribution >= 4 is 133 Å². The number of para-hydroxylation sites is 1. The van der Waals surface area contributed by atoms with E-state index in [1.54, 1.807) is 53.4 Å². The number of benzene rings is 4. The molecule has 4 aromatic carbocycles. The Morgan fingerprint density at radius 1 is 0.669 bits per heavy atom. The number of hydrogen-bond donors (Lipinski definition) is 10. The summed E-state index contributed by atoms with van der Waals surface area (Å²) < 4.78 is 130. The Bertz CT molecular complexity index is 5450. The number of unbranched alkanes of at least 4 members (excludes halogenated alkanes) is 3. The van der Waals surface area contributed by atoms with Crippen molar-refractivity contribution in [3.05, 3.63) is 145 Å². The molecule has 0 radical (unpaired) electrons. The number of hydrogen-bond acceptors (Lipinski definition) is 30. The van der Waals surface area contributed by atoms with E-state index in [1.807, 2.05) is 53.2 Å². The van der Waals surface area contributed by atoms with E-state index in [4.69, 9.17) is 53.4 Å². The number of carbonyl (C=O) groups is 7. The van der Waals surface area contributed by atoms with Gasteiger partial charge in [-0.1, -0.05) is 78.4 Å². The molecule has 3 saturated heterocycles. The third-order valence-electron chi connectivity index (χ3n) is 20.2. The van der Waals surface area contributed by atoms with Crippen LogP contribution in [0.15, 0.2) is 128 Å². The van der Waals surface area contributed by atoms with Crippen molar-refractivity contribution in [3.8, 4) is 22.5 Å². The van der Waals surface area contributed by atoms with Gasteiger partial charge in [0, 0.05) is 93.0 Å². The molecule has 0 aliphatic carbocycles. The van der Waals surface area contributed by atoms with Crippen LogP contribution < -0.4 is 48.3 Å². The number of pyridine rings is 1. The highest BCUT2D eigenvalue weighted by Crippen LogP contribution is 2.65. The number of amides is 7. The molecule has 12 atom stereocenters. The zero-order valence-corrected chi connectivity index (χ0v) is 70.8. The normalized spacial score (nSPS) is 21.9. The molecule has 4 aliphatic rings. The number of imidazole rings is 2. The molecular weight excluding hydrogens is 1700 g/mol. The first-order valence-electron chi connectivity index (χ1n) is 39.8. The lowest BCUT2D eigenvalue weighted by Crippen LogP contribution is -2.37. The second-order valence-electron chi connectivity index (χ2n) is 29.6. The molecule has 9 heterocycles. The number of halogens is 2. The molecule has 7 amide bonds. The highest BCUT2D eigenvalue weighted by molar-refractivity contribution is 8.54. The second kappa shape index (κ2) is 42.0. The third kappa shape index (κ3) is 24.1. The van der Waals surface area contributed by atoms with Gasteiger partial charge in [0.05, 0.1) is 75.8 Å². The van der Waals surface area contributed by atoms with Crippen LogP contribution in [0.1, 0.15) is 93.4 Å². The maximum absolute atomic E-state index is 17.1. The van der Waals surface area contributed by atoms with Gasteiger partial charge in [0.2, 0.25) is 35.4 Å². The third-order valence-corrected chi connectivity index (χ3v) is 25.7. The Morgan fingerprint density at radius 2 is 1.27 bits per heavy atom. The van der Waals surface area contributed by atoms with Crippen molar-refractivity contribution in [2.24, 2.45) is 0 Å². The van der Waals surface area contributed by atoms with Gasteiger partial charge < -0.3 is 90.8 Å². The Morgan fingerprint density at radius 3 is 1.95 bits per heavy atom. The van der Waals surface area contributed by atoms with E-state index in [1.165, 1.54) is 34.1 Å². The van der Waals surface area contributed by atoms with Gasteiger partial charge in [-0.15, -0.1) is 5.10 Å². The number of aryl methyl sites for hydroxylation is 1. The summed E-state index contributed by atoms with van der Waals surface area (Å²) in [7, 11) is -6.86. The van der Waals surface area contributed by atoms with E-state index >= 15 is 13.3 Å². The molecule has 0 saturated carbocycles. The molecule has 12 N–H and O–H groups in total. The molecule has 47 heteroatoms. The van der Waals surface area contributed by atoms with Crippen LogP contribution >= 0.6 is 33.2 Å². The molecule has 5 aromatic heterocycles. The molecule has 3 fully saturated rings. The van der Waals surface area contributed by atoms with E-state index in [-0.39, 0.29) is 148 Å². The zero-order valence-electron chi connectivity index (χ0n) is 67.3. The highest BCUT2D eigenvalue weighted by Gasteiger charge is 2.55. The monoisotopic (exact) mass is 1790 g/mol. The Balaban J connectivity index is 0.524. The number of ether oxygens (including phenoxy) is 4. The number of nitrogens with zero attached hydrogens (tertiary/aromatic N) is 11. The van der Waals surface area contributed by atoms with Crippen molar-refractivity contribution in [2.75, 3.05) is 92.9 Å². The molecule has 2 unspecified atom stereocenters. The minimum absolute atomic E-state index is 0.0145. The number of aliphatic hydroxyl groups is 1. The Kier molecular flexibility index (Phi) is 30.8. The first kappa shape index (κ1) is 91.2. The zero-order chi connectivity index (χ0) is 87.7. The van der Waals surface area contributed by atoms with Crippen LogP contribution in [0.4, 0.5) is 42.1 Å². The lowest BCUT2D eigenvalue weighted by molar-refractivity contribution is -0.124. The molecular formula is C77H93BF2N19O21P3S. The number of nitrogens with two attached hydrogens (primary N) is 2. The number of carbonyl (C=O) groups excluding carboxylic acids is 7. The van der Waals surface area contributed by atoms with Gasteiger partial charge in [-0.2, -0.15) is 0 Å². The number of rotatable bonds is 36. The predicted molar refractivity (Wildman–Crippen MR) is 450 cm³/mol. The van der Waals surface area contributed by atoms with Crippen LogP contribution in [0.2, 0.25) is 0 Å². The van der Waals surface area contributed by atoms with Crippen LogP contribution in [0.5, 0.6) is 0 Å². The summed E-state index contributed by atoms with van der Waals surface area (Å²) in [5.41, 5.74) is 19.4. The van der Waals surface area contributed by atoms with Gasteiger partial charge >= 0.3 is 20.5 Å². The fourth-order valence-corrected chi connectivity index (χ4v) is 19.0. The average molecular weight is 1790 g/mol. The number of alkyl halides is 2. The quantitative estimate of drug-likeness (QED) is 0.0105. The van der Waals surface area contributed by atoms with E-state index in [9.17, 15) is 47.8 Å². The van der Waals surface area contributed by atoms with Crippen molar-refractivity contribution in [2.45, 2.75) is 145 Å². The molecule has 9 aromatic rings. The summed E-state index contributed by atoms with van der Waals surface area (Å²) in [6.07, 6.45) is -6.98. The van der Waals surface area contributed by atoms with Gasteiger partial charge in [0.15, 0.2) is 41.9 Å². The first-order chi connectivity index (χ1) is 59.6. The van der Waals surface area contributed by atoms with Crippen LogP contribution in [0, 0.1) is 0 Å².